The number of carbonyl (C=O) groups is 3. The van der Waals surface area contributed by atoms with Crippen molar-refractivity contribution in [2.24, 2.45) is 0 Å². The van der Waals surface area contributed by atoms with Crippen molar-refractivity contribution < 1.29 is 32.3 Å². The molecule has 0 aliphatic rings. The van der Waals surface area contributed by atoms with Crippen molar-refractivity contribution in [2.45, 2.75) is 20.0 Å². The first-order valence-corrected chi connectivity index (χ1v) is 8.57. The highest BCUT2D eigenvalue weighted by Gasteiger charge is 2.30. The van der Waals surface area contributed by atoms with Gasteiger partial charge in [0.1, 0.15) is 5.69 Å². The van der Waals surface area contributed by atoms with Crippen LogP contribution in [0.5, 0.6) is 0 Å². The molecule has 156 valence electrons. The van der Waals surface area contributed by atoms with Crippen LogP contribution in [-0.4, -0.2) is 43.0 Å². The molecule has 2 amide bonds. The Morgan fingerprint density at radius 1 is 1.00 bits per heavy atom. The number of hydrogen-bond acceptors (Lipinski definition) is 4. The molecule has 1 aromatic heterocycles. The molecule has 0 radical (unpaired) electrons. The zero-order valence-corrected chi connectivity index (χ0v) is 16.0. The molecule has 0 bridgehead atoms. The zero-order valence-electron chi connectivity index (χ0n) is 16.0. The van der Waals surface area contributed by atoms with Crippen molar-refractivity contribution in [3.8, 4) is 0 Å². The van der Waals surface area contributed by atoms with Gasteiger partial charge in [-0.2, -0.15) is 13.2 Å². The number of H-pyrrole nitrogens is 1. The van der Waals surface area contributed by atoms with E-state index in [1.807, 2.05) is 0 Å². The number of esters is 1. The maximum atomic E-state index is 12.5. The summed E-state index contributed by atoms with van der Waals surface area (Å²) in [6.45, 7) is 3.39. The summed E-state index contributed by atoms with van der Waals surface area (Å²) in [5, 5.41) is 5.09. The van der Waals surface area contributed by atoms with Gasteiger partial charge in [-0.25, -0.2) is 4.79 Å². The van der Waals surface area contributed by atoms with E-state index in [0.29, 0.717) is 11.3 Å². The molecule has 0 aliphatic heterocycles. The lowest BCUT2D eigenvalue weighted by Crippen LogP contribution is -2.35. The van der Waals surface area contributed by atoms with Crippen LogP contribution in [0.4, 0.5) is 13.2 Å². The van der Waals surface area contributed by atoms with Gasteiger partial charge in [-0.15, -0.1) is 0 Å². The third kappa shape index (κ3) is 5.15. The lowest BCUT2D eigenvalue weighted by atomic mass is 10.1. The number of methoxy groups -OCH3 is 1. The minimum absolute atomic E-state index is 0.0637. The van der Waals surface area contributed by atoms with E-state index in [1.165, 1.54) is 7.11 Å². The molecule has 0 aliphatic carbocycles. The Morgan fingerprint density at radius 3 is 2.07 bits per heavy atom. The summed E-state index contributed by atoms with van der Waals surface area (Å²) in [4.78, 5) is 38.8. The molecule has 0 atom stereocenters. The fraction of sp³-hybridized carbons (Fsp3) is 0.316. The molecule has 7 nitrogen and oxygen atoms in total. The monoisotopic (exact) mass is 411 g/mol. The molecule has 10 heteroatoms. The molecular weight excluding hydrogens is 391 g/mol. The van der Waals surface area contributed by atoms with E-state index in [9.17, 15) is 27.6 Å². The topological polar surface area (TPSA) is 100 Å². The van der Waals surface area contributed by atoms with Crippen LogP contribution < -0.4 is 10.6 Å². The van der Waals surface area contributed by atoms with Crippen LogP contribution in [0, 0.1) is 13.8 Å². The zero-order chi connectivity index (χ0) is 21.8. The minimum Gasteiger partial charge on any atom is -0.465 e. The van der Waals surface area contributed by atoms with E-state index in [4.69, 9.17) is 0 Å². The normalized spacial score (nSPS) is 11.1. The Hall–Kier alpha value is -3.30. The summed E-state index contributed by atoms with van der Waals surface area (Å²) in [6.07, 6.45) is -4.47. The highest BCUT2D eigenvalue weighted by molar-refractivity contribution is 6.00. The number of aromatic amines is 1. The molecule has 1 aromatic carbocycles. The first kappa shape index (κ1) is 22.0. The number of carbonyl (C=O) groups excluding carboxylic acids is 3. The maximum absolute atomic E-state index is 12.5. The fourth-order valence-corrected chi connectivity index (χ4v) is 2.74. The SMILES string of the molecule is COC(=O)c1c(C)[nH]c(C(=O)NCCNC(=O)c2ccc(C(F)(F)F)cc2)c1C. The van der Waals surface area contributed by atoms with Crippen LogP contribution in [0.3, 0.4) is 0 Å². The summed E-state index contributed by atoms with van der Waals surface area (Å²) in [5.74, 6) is -1.59. The third-order valence-electron chi connectivity index (χ3n) is 4.22. The van der Waals surface area contributed by atoms with Crippen molar-refractivity contribution in [1.29, 1.82) is 0 Å². The second kappa shape index (κ2) is 8.80. The van der Waals surface area contributed by atoms with Crippen LogP contribution in [0.25, 0.3) is 0 Å². The molecule has 1 heterocycles. The van der Waals surface area contributed by atoms with Crippen LogP contribution in [0.2, 0.25) is 0 Å². The summed E-state index contributed by atoms with van der Waals surface area (Å²) in [7, 11) is 1.24. The van der Waals surface area contributed by atoms with Crippen molar-refractivity contribution >= 4 is 17.8 Å². The van der Waals surface area contributed by atoms with Gasteiger partial charge in [0, 0.05) is 24.3 Å². The van der Waals surface area contributed by atoms with Crippen molar-refractivity contribution in [1.82, 2.24) is 15.6 Å². The Labute approximate surface area is 164 Å². The molecule has 2 rings (SSSR count). The number of nitrogens with one attached hydrogen (secondary N) is 3. The van der Waals surface area contributed by atoms with Crippen molar-refractivity contribution in [3.05, 3.63) is 57.9 Å². The highest BCUT2D eigenvalue weighted by Crippen LogP contribution is 2.29. The first-order valence-electron chi connectivity index (χ1n) is 8.57. The molecule has 3 N–H and O–H groups in total. The predicted octanol–water partition coefficient (Wildman–Crippen LogP) is 2.60. The second-order valence-corrected chi connectivity index (χ2v) is 6.20. The van der Waals surface area contributed by atoms with Gasteiger partial charge in [0.25, 0.3) is 11.8 Å². The van der Waals surface area contributed by atoms with Crippen LogP contribution in [0.1, 0.15) is 48.0 Å². The van der Waals surface area contributed by atoms with Gasteiger partial charge < -0.3 is 20.4 Å². The smallest absolute Gasteiger partial charge is 0.416 e. The number of amides is 2. The van der Waals surface area contributed by atoms with Gasteiger partial charge >= 0.3 is 12.1 Å². The van der Waals surface area contributed by atoms with Gasteiger partial charge in [-0.05, 0) is 43.7 Å². The summed E-state index contributed by atoms with van der Waals surface area (Å²) >= 11 is 0. The quantitative estimate of drug-likeness (QED) is 0.503. The van der Waals surface area contributed by atoms with Crippen LogP contribution in [-0.2, 0) is 10.9 Å². The molecule has 0 spiro atoms. The minimum atomic E-state index is -4.47. The van der Waals surface area contributed by atoms with Crippen molar-refractivity contribution in [2.75, 3.05) is 20.2 Å². The Kier molecular flexibility index (Phi) is 6.68. The number of ether oxygens (including phenoxy) is 1. The number of aryl methyl sites for hydroxylation is 1. The Morgan fingerprint density at radius 2 is 1.55 bits per heavy atom. The van der Waals surface area contributed by atoms with Gasteiger partial charge in [-0.3, -0.25) is 9.59 Å². The lowest BCUT2D eigenvalue weighted by Gasteiger charge is -2.09. The number of alkyl halides is 3. The number of benzene rings is 1. The number of hydrogen-bond donors (Lipinski definition) is 3. The van der Waals surface area contributed by atoms with E-state index in [2.05, 4.69) is 20.4 Å². The predicted molar refractivity (Wildman–Crippen MR) is 97.7 cm³/mol. The van der Waals surface area contributed by atoms with E-state index in [1.54, 1.807) is 13.8 Å². The van der Waals surface area contributed by atoms with Gasteiger partial charge in [0.05, 0.1) is 18.2 Å². The Bertz CT molecular complexity index is 918. The van der Waals surface area contributed by atoms with E-state index in [-0.39, 0.29) is 29.9 Å². The fourth-order valence-electron chi connectivity index (χ4n) is 2.74. The Balaban J connectivity index is 1.88. The standard InChI is InChI=1S/C19H20F3N3O4/c1-10-14(18(28)29-3)11(2)25-15(10)17(27)24-9-8-23-16(26)12-4-6-13(7-5-12)19(20,21)22/h4-7,25H,8-9H2,1-3H3,(H,23,26)(H,24,27). The summed E-state index contributed by atoms with van der Waals surface area (Å²) < 4.78 is 42.3. The van der Waals surface area contributed by atoms with Gasteiger partial charge in [-0.1, -0.05) is 0 Å². The number of aromatic nitrogens is 1. The molecule has 0 saturated heterocycles. The van der Waals surface area contributed by atoms with Crippen LogP contribution in [0.15, 0.2) is 24.3 Å². The summed E-state index contributed by atoms with van der Waals surface area (Å²) in [6, 6.07) is 3.81. The molecule has 29 heavy (non-hydrogen) atoms. The van der Waals surface area contributed by atoms with E-state index >= 15 is 0 Å². The summed E-state index contributed by atoms with van der Waals surface area (Å²) in [5.41, 5.74) is 0.660. The van der Waals surface area contributed by atoms with E-state index < -0.39 is 29.5 Å². The number of rotatable bonds is 6. The average Bonchev–Trinajstić information content (AvgIpc) is 2.98. The lowest BCUT2D eigenvalue weighted by molar-refractivity contribution is -0.137. The largest absolute Gasteiger partial charge is 0.465 e. The molecule has 0 unspecified atom stereocenters. The van der Waals surface area contributed by atoms with Gasteiger partial charge in [0.15, 0.2) is 0 Å². The van der Waals surface area contributed by atoms with E-state index in [0.717, 1.165) is 24.3 Å². The second-order valence-electron chi connectivity index (χ2n) is 6.20. The molecular formula is C19H20F3N3O4. The third-order valence-corrected chi connectivity index (χ3v) is 4.22. The molecule has 2 aromatic rings. The number of halogens is 3. The maximum Gasteiger partial charge on any atom is 0.416 e. The van der Waals surface area contributed by atoms with Crippen molar-refractivity contribution in [3.63, 3.8) is 0 Å². The van der Waals surface area contributed by atoms with Crippen LogP contribution >= 0.6 is 0 Å². The molecule has 0 saturated carbocycles. The average molecular weight is 411 g/mol. The first-order chi connectivity index (χ1) is 13.6. The highest BCUT2D eigenvalue weighted by atomic mass is 19.4. The molecule has 0 fully saturated rings. The van der Waals surface area contributed by atoms with Gasteiger partial charge in [0.2, 0.25) is 0 Å².